The first kappa shape index (κ1) is 12.0. The number of halogens is 1. The number of alkyl halides is 1. The summed E-state index contributed by atoms with van der Waals surface area (Å²) < 4.78 is 0. The van der Waals surface area contributed by atoms with Crippen molar-refractivity contribution in [1.82, 2.24) is 4.90 Å². The fourth-order valence-corrected chi connectivity index (χ4v) is 3.28. The smallest absolute Gasteiger partial charge is 0.323 e. The second kappa shape index (κ2) is 4.26. The fourth-order valence-electron chi connectivity index (χ4n) is 2.54. The van der Waals surface area contributed by atoms with Gasteiger partial charge in [-0.15, -0.1) is 0 Å². The van der Waals surface area contributed by atoms with Gasteiger partial charge in [0.1, 0.15) is 0 Å². The van der Waals surface area contributed by atoms with Crippen molar-refractivity contribution in [2.75, 3.05) is 23.8 Å². The van der Waals surface area contributed by atoms with E-state index in [4.69, 9.17) is 0 Å². The Morgan fingerprint density at radius 3 is 2.72 bits per heavy atom. The Balaban J connectivity index is 1.94. The highest BCUT2D eigenvalue weighted by Crippen LogP contribution is 2.48. The van der Waals surface area contributed by atoms with E-state index in [0.29, 0.717) is 12.0 Å². The van der Waals surface area contributed by atoms with Crippen LogP contribution in [0.4, 0.5) is 10.5 Å². The van der Waals surface area contributed by atoms with E-state index in [1.54, 1.807) is 4.90 Å². The lowest BCUT2D eigenvalue weighted by atomic mass is 10.1. The van der Waals surface area contributed by atoms with Crippen molar-refractivity contribution in [3.63, 3.8) is 0 Å². The van der Waals surface area contributed by atoms with E-state index in [0.717, 1.165) is 17.6 Å². The minimum Gasteiger partial charge on any atom is -0.323 e. The molecule has 1 aliphatic heterocycles. The van der Waals surface area contributed by atoms with Crippen molar-refractivity contribution in [3.05, 3.63) is 29.8 Å². The van der Waals surface area contributed by atoms with Crippen LogP contribution < -0.4 is 4.90 Å². The fraction of sp³-hybridized carbons (Fsp3) is 0.500. The number of benzene rings is 1. The maximum Gasteiger partial charge on any atom is 0.324 e. The SMILES string of the molecule is CN1Cc2ccccc2N(CC2(CBr)CC2)C1=O. The van der Waals surface area contributed by atoms with E-state index < -0.39 is 0 Å². The number of para-hydroxylation sites is 1. The van der Waals surface area contributed by atoms with Gasteiger partial charge in [0.25, 0.3) is 0 Å². The molecule has 1 aromatic rings. The highest BCUT2D eigenvalue weighted by molar-refractivity contribution is 9.09. The highest BCUT2D eigenvalue weighted by atomic mass is 79.9. The summed E-state index contributed by atoms with van der Waals surface area (Å²) in [6.45, 7) is 1.55. The van der Waals surface area contributed by atoms with E-state index in [1.165, 1.54) is 18.4 Å². The summed E-state index contributed by atoms with van der Waals surface area (Å²) in [4.78, 5) is 16.1. The Labute approximate surface area is 116 Å². The van der Waals surface area contributed by atoms with Gasteiger partial charge in [-0.05, 0) is 29.9 Å². The first-order chi connectivity index (χ1) is 8.65. The lowest BCUT2D eigenvalue weighted by Crippen LogP contribution is -2.47. The van der Waals surface area contributed by atoms with Gasteiger partial charge >= 0.3 is 6.03 Å². The number of hydrogen-bond donors (Lipinski definition) is 0. The first-order valence-electron chi connectivity index (χ1n) is 6.32. The van der Waals surface area contributed by atoms with Gasteiger partial charge in [0, 0.05) is 25.5 Å². The zero-order chi connectivity index (χ0) is 12.8. The van der Waals surface area contributed by atoms with Gasteiger partial charge in [-0.25, -0.2) is 4.79 Å². The maximum absolute atomic E-state index is 12.3. The Bertz CT molecular complexity index is 484. The third-order valence-electron chi connectivity index (χ3n) is 3.98. The summed E-state index contributed by atoms with van der Waals surface area (Å²) in [5.41, 5.74) is 2.64. The predicted octanol–water partition coefficient (Wildman–Crippen LogP) is 3.23. The molecule has 0 spiro atoms. The molecule has 0 atom stereocenters. The molecular formula is C14H17BrN2O. The van der Waals surface area contributed by atoms with E-state index >= 15 is 0 Å². The second-order valence-corrected chi connectivity index (χ2v) is 6.05. The molecule has 2 amide bonds. The molecule has 0 bridgehead atoms. The Kier molecular flexibility index (Phi) is 2.85. The molecule has 0 radical (unpaired) electrons. The van der Waals surface area contributed by atoms with Crippen LogP contribution in [0.5, 0.6) is 0 Å². The van der Waals surface area contributed by atoms with Crippen LogP contribution in [0.1, 0.15) is 18.4 Å². The zero-order valence-corrected chi connectivity index (χ0v) is 12.1. The second-order valence-electron chi connectivity index (χ2n) is 5.49. The number of rotatable bonds is 3. The zero-order valence-electron chi connectivity index (χ0n) is 10.5. The Hall–Kier alpha value is -1.03. The summed E-state index contributed by atoms with van der Waals surface area (Å²) >= 11 is 3.58. The van der Waals surface area contributed by atoms with Crippen molar-refractivity contribution in [1.29, 1.82) is 0 Å². The van der Waals surface area contributed by atoms with E-state index in [2.05, 4.69) is 28.1 Å². The van der Waals surface area contributed by atoms with Crippen LogP contribution >= 0.6 is 15.9 Å². The molecule has 0 unspecified atom stereocenters. The molecule has 0 saturated heterocycles. The molecule has 0 aromatic heterocycles. The average molecular weight is 309 g/mol. The van der Waals surface area contributed by atoms with Gasteiger partial charge in [0.05, 0.1) is 5.69 Å². The van der Waals surface area contributed by atoms with Gasteiger partial charge in [-0.1, -0.05) is 34.1 Å². The van der Waals surface area contributed by atoms with Crippen molar-refractivity contribution in [3.8, 4) is 0 Å². The number of nitrogens with zero attached hydrogens (tertiary/aromatic N) is 2. The van der Waals surface area contributed by atoms with Crippen molar-refractivity contribution in [2.45, 2.75) is 19.4 Å². The summed E-state index contributed by atoms with van der Waals surface area (Å²) in [6.07, 6.45) is 2.43. The van der Waals surface area contributed by atoms with E-state index in [9.17, 15) is 4.79 Å². The third kappa shape index (κ3) is 1.92. The summed E-state index contributed by atoms with van der Waals surface area (Å²) in [6, 6.07) is 8.35. The number of carbonyl (C=O) groups excluding carboxylic acids is 1. The lowest BCUT2D eigenvalue weighted by molar-refractivity contribution is 0.209. The number of anilines is 1. The third-order valence-corrected chi connectivity index (χ3v) is 5.17. The number of urea groups is 1. The van der Waals surface area contributed by atoms with Crippen LogP contribution in [-0.2, 0) is 6.54 Å². The average Bonchev–Trinajstić information content (AvgIpc) is 3.15. The normalized spacial score (nSPS) is 20.9. The Morgan fingerprint density at radius 2 is 2.06 bits per heavy atom. The molecule has 2 aliphatic rings. The van der Waals surface area contributed by atoms with E-state index in [1.807, 2.05) is 24.1 Å². The van der Waals surface area contributed by atoms with Crippen LogP contribution in [0.15, 0.2) is 24.3 Å². The minimum absolute atomic E-state index is 0.126. The number of fused-ring (bicyclic) bond motifs is 1. The first-order valence-corrected chi connectivity index (χ1v) is 7.44. The van der Waals surface area contributed by atoms with Crippen LogP contribution in [0, 0.1) is 5.41 Å². The van der Waals surface area contributed by atoms with Crippen LogP contribution in [0.3, 0.4) is 0 Å². The molecule has 1 fully saturated rings. The largest absolute Gasteiger partial charge is 0.324 e. The molecular weight excluding hydrogens is 292 g/mol. The molecule has 3 rings (SSSR count). The quantitative estimate of drug-likeness (QED) is 0.786. The van der Waals surface area contributed by atoms with Crippen LogP contribution in [-0.4, -0.2) is 29.9 Å². The molecule has 1 heterocycles. The van der Waals surface area contributed by atoms with Gasteiger partial charge in [0.2, 0.25) is 0 Å². The lowest BCUT2D eigenvalue weighted by Gasteiger charge is -2.37. The summed E-state index contributed by atoms with van der Waals surface area (Å²) in [5, 5.41) is 0.982. The molecule has 3 nitrogen and oxygen atoms in total. The summed E-state index contributed by atoms with van der Waals surface area (Å²) in [5.74, 6) is 0. The van der Waals surface area contributed by atoms with Crippen LogP contribution in [0.25, 0.3) is 0 Å². The predicted molar refractivity (Wildman–Crippen MR) is 76.1 cm³/mol. The van der Waals surface area contributed by atoms with Crippen molar-refractivity contribution in [2.24, 2.45) is 5.41 Å². The minimum atomic E-state index is 0.126. The molecule has 96 valence electrons. The molecule has 0 N–H and O–H groups in total. The molecule has 1 aromatic carbocycles. The van der Waals surface area contributed by atoms with Gasteiger partial charge in [0.15, 0.2) is 0 Å². The summed E-state index contributed by atoms with van der Waals surface area (Å²) in [7, 11) is 1.87. The van der Waals surface area contributed by atoms with E-state index in [-0.39, 0.29) is 6.03 Å². The molecule has 18 heavy (non-hydrogen) atoms. The molecule has 1 saturated carbocycles. The monoisotopic (exact) mass is 308 g/mol. The van der Waals surface area contributed by atoms with Crippen molar-refractivity contribution < 1.29 is 4.79 Å². The van der Waals surface area contributed by atoms with Crippen LogP contribution in [0.2, 0.25) is 0 Å². The maximum atomic E-state index is 12.3. The number of carbonyl (C=O) groups is 1. The van der Waals surface area contributed by atoms with Crippen molar-refractivity contribution >= 4 is 27.6 Å². The highest BCUT2D eigenvalue weighted by Gasteiger charge is 2.45. The standard InChI is InChI=1S/C14H17BrN2O/c1-16-8-11-4-2-3-5-12(11)17(13(16)18)10-14(9-15)6-7-14/h2-5H,6-10H2,1H3. The number of amides is 2. The van der Waals surface area contributed by atoms with Gasteiger partial charge < -0.3 is 4.90 Å². The van der Waals surface area contributed by atoms with Gasteiger partial charge in [-0.3, -0.25) is 4.90 Å². The van der Waals surface area contributed by atoms with Gasteiger partial charge in [-0.2, -0.15) is 0 Å². The molecule has 1 aliphatic carbocycles. The molecule has 4 heteroatoms. The number of hydrogen-bond acceptors (Lipinski definition) is 1. The Morgan fingerprint density at radius 1 is 1.33 bits per heavy atom. The topological polar surface area (TPSA) is 23.6 Å².